The molecule has 6 heteroatoms. The van der Waals surface area contributed by atoms with Crippen molar-refractivity contribution in [1.82, 2.24) is 9.97 Å². The number of aromatic nitrogens is 2. The van der Waals surface area contributed by atoms with E-state index in [9.17, 15) is 4.79 Å². The monoisotopic (exact) mass is 351 g/mol. The van der Waals surface area contributed by atoms with Gasteiger partial charge in [0.1, 0.15) is 11.6 Å². The van der Waals surface area contributed by atoms with Crippen LogP contribution in [0, 0.1) is 0 Å². The molecule has 1 aromatic heterocycles. The normalized spacial score (nSPS) is 10.5. The Hall–Kier alpha value is -3.15. The van der Waals surface area contributed by atoms with Crippen molar-refractivity contribution in [2.24, 2.45) is 0 Å². The molecule has 2 aromatic carbocycles. The fourth-order valence-electron chi connectivity index (χ4n) is 2.62. The third-order valence-electron chi connectivity index (χ3n) is 3.78. The molecule has 0 aliphatic heterocycles. The number of benzene rings is 2. The summed E-state index contributed by atoms with van der Waals surface area (Å²) in [6.45, 7) is 5.09. The summed E-state index contributed by atoms with van der Waals surface area (Å²) in [6, 6.07) is 15.4. The standard InChI is InChI=1S/C20H21N3O3/c1-3-25-17-12-8-5-9-14(17)13-21-18-15-10-6-7-11-16(15)22-19(23-18)20(24)26-4-2/h5-12H,3-4,13H2,1-2H3,(H,21,22,23). The molecule has 0 spiro atoms. The number of ether oxygens (including phenoxy) is 2. The molecule has 0 atom stereocenters. The molecule has 26 heavy (non-hydrogen) atoms. The number of fused-ring (bicyclic) bond motifs is 1. The van der Waals surface area contributed by atoms with Crippen LogP contribution in [0.2, 0.25) is 0 Å². The maximum Gasteiger partial charge on any atom is 0.376 e. The van der Waals surface area contributed by atoms with Crippen LogP contribution in [-0.4, -0.2) is 29.2 Å². The molecular weight excluding hydrogens is 330 g/mol. The fourth-order valence-corrected chi connectivity index (χ4v) is 2.62. The van der Waals surface area contributed by atoms with E-state index in [-0.39, 0.29) is 12.4 Å². The van der Waals surface area contributed by atoms with Gasteiger partial charge in [0.2, 0.25) is 5.82 Å². The Morgan fingerprint density at radius 1 is 1.00 bits per heavy atom. The lowest BCUT2D eigenvalue weighted by Gasteiger charge is -2.13. The highest BCUT2D eigenvalue weighted by atomic mass is 16.5. The minimum atomic E-state index is -0.531. The van der Waals surface area contributed by atoms with E-state index in [2.05, 4.69) is 15.3 Å². The van der Waals surface area contributed by atoms with Gasteiger partial charge in [-0.05, 0) is 32.0 Å². The zero-order chi connectivity index (χ0) is 18.4. The highest BCUT2D eigenvalue weighted by Crippen LogP contribution is 2.23. The molecule has 0 unspecified atom stereocenters. The second kappa shape index (κ2) is 8.29. The minimum absolute atomic E-state index is 0.0474. The lowest BCUT2D eigenvalue weighted by Crippen LogP contribution is -2.12. The highest BCUT2D eigenvalue weighted by molar-refractivity contribution is 5.94. The van der Waals surface area contributed by atoms with Gasteiger partial charge in [0.15, 0.2) is 0 Å². The number of nitrogens with one attached hydrogen (secondary N) is 1. The topological polar surface area (TPSA) is 73.3 Å². The molecule has 0 aliphatic carbocycles. The Bertz CT molecular complexity index is 912. The molecule has 0 saturated carbocycles. The molecular formula is C20H21N3O3. The Balaban J connectivity index is 1.92. The Labute approximate surface area is 152 Å². The molecule has 6 nitrogen and oxygen atoms in total. The van der Waals surface area contributed by atoms with Crippen molar-refractivity contribution < 1.29 is 14.3 Å². The fraction of sp³-hybridized carbons (Fsp3) is 0.250. The number of rotatable bonds is 7. The van der Waals surface area contributed by atoms with Crippen molar-refractivity contribution in [1.29, 1.82) is 0 Å². The summed E-state index contributed by atoms with van der Waals surface area (Å²) in [6.07, 6.45) is 0. The van der Waals surface area contributed by atoms with E-state index >= 15 is 0 Å². The van der Waals surface area contributed by atoms with Gasteiger partial charge in [-0.25, -0.2) is 14.8 Å². The molecule has 1 heterocycles. The lowest BCUT2D eigenvalue weighted by molar-refractivity contribution is 0.0512. The second-order valence-electron chi connectivity index (χ2n) is 5.53. The molecule has 0 bridgehead atoms. The second-order valence-corrected chi connectivity index (χ2v) is 5.53. The predicted molar refractivity (Wildman–Crippen MR) is 100 cm³/mol. The molecule has 0 fully saturated rings. The number of nitrogens with zero attached hydrogens (tertiary/aromatic N) is 2. The Morgan fingerprint density at radius 2 is 1.77 bits per heavy atom. The molecule has 3 aromatic rings. The van der Waals surface area contributed by atoms with E-state index in [0.717, 1.165) is 16.7 Å². The van der Waals surface area contributed by atoms with Crippen molar-refractivity contribution >= 4 is 22.7 Å². The Kier molecular flexibility index (Phi) is 5.63. The van der Waals surface area contributed by atoms with Gasteiger partial charge in [0.25, 0.3) is 0 Å². The molecule has 1 N–H and O–H groups in total. The predicted octanol–water partition coefficient (Wildman–Crippen LogP) is 3.82. The average Bonchev–Trinajstić information content (AvgIpc) is 2.67. The molecule has 134 valence electrons. The number of carbonyl (C=O) groups is 1. The van der Waals surface area contributed by atoms with Gasteiger partial charge < -0.3 is 14.8 Å². The van der Waals surface area contributed by atoms with E-state index in [1.165, 1.54) is 0 Å². The number of para-hydroxylation sites is 2. The van der Waals surface area contributed by atoms with Crippen LogP contribution in [0.1, 0.15) is 30.0 Å². The first-order chi connectivity index (χ1) is 12.7. The average molecular weight is 351 g/mol. The maximum atomic E-state index is 12.1. The molecule has 0 aliphatic rings. The van der Waals surface area contributed by atoms with Crippen LogP contribution in [0.3, 0.4) is 0 Å². The number of carbonyl (C=O) groups excluding carboxylic acids is 1. The smallest absolute Gasteiger partial charge is 0.376 e. The first-order valence-corrected chi connectivity index (χ1v) is 8.61. The summed E-state index contributed by atoms with van der Waals surface area (Å²) in [7, 11) is 0. The first-order valence-electron chi connectivity index (χ1n) is 8.61. The SMILES string of the molecule is CCOC(=O)c1nc(NCc2ccccc2OCC)c2ccccc2n1. The van der Waals surface area contributed by atoms with Crippen molar-refractivity contribution in [3.05, 3.63) is 59.9 Å². The number of anilines is 1. The van der Waals surface area contributed by atoms with Crippen LogP contribution >= 0.6 is 0 Å². The largest absolute Gasteiger partial charge is 0.494 e. The van der Waals surface area contributed by atoms with Crippen LogP contribution in [0.15, 0.2) is 48.5 Å². The van der Waals surface area contributed by atoms with Crippen LogP contribution in [0.4, 0.5) is 5.82 Å². The molecule has 0 saturated heterocycles. The molecule has 3 rings (SSSR count). The quantitative estimate of drug-likeness (QED) is 0.653. The summed E-state index contributed by atoms with van der Waals surface area (Å²) in [5.74, 6) is 0.929. The van der Waals surface area contributed by atoms with Crippen LogP contribution in [0.5, 0.6) is 5.75 Å². The van der Waals surface area contributed by atoms with Gasteiger partial charge in [0.05, 0.1) is 18.7 Å². The Morgan fingerprint density at radius 3 is 2.58 bits per heavy atom. The van der Waals surface area contributed by atoms with E-state index in [4.69, 9.17) is 9.47 Å². The summed E-state index contributed by atoms with van der Waals surface area (Å²) in [5.41, 5.74) is 1.70. The summed E-state index contributed by atoms with van der Waals surface area (Å²) < 4.78 is 10.7. The summed E-state index contributed by atoms with van der Waals surface area (Å²) >= 11 is 0. The van der Waals surface area contributed by atoms with Crippen LogP contribution < -0.4 is 10.1 Å². The third-order valence-corrected chi connectivity index (χ3v) is 3.78. The summed E-state index contributed by atoms with van der Waals surface area (Å²) in [5, 5.41) is 4.14. The maximum absolute atomic E-state index is 12.1. The lowest BCUT2D eigenvalue weighted by atomic mass is 10.2. The number of hydrogen-bond acceptors (Lipinski definition) is 6. The zero-order valence-corrected chi connectivity index (χ0v) is 14.9. The number of esters is 1. The zero-order valence-electron chi connectivity index (χ0n) is 14.9. The van der Waals surface area contributed by atoms with Gasteiger partial charge >= 0.3 is 5.97 Å². The van der Waals surface area contributed by atoms with Crippen LogP contribution in [-0.2, 0) is 11.3 Å². The van der Waals surface area contributed by atoms with Crippen molar-refractivity contribution in [2.45, 2.75) is 20.4 Å². The summed E-state index contributed by atoms with van der Waals surface area (Å²) in [4.78, 5) is 20.7. The van der Waals surface area contributed by atoms with Gasteiger partial charge in [0, 0.05) is 17.5 Å². The van der Waals surface area contributed by atoms with Crippen molar-refractivity contribution in [3.63, 3.8) is 0 Å². The number of hydrogen-bond donors (Lipinski definition) is 1. The van der Waals surface area contributed by atoms with Crippen molar-refractivity contribution in [3.8, 4) is 5.75 Å². The molecule has 0 radical (unpaired) electrons. The van der Waals surface area contributed by atoms with Crippen LogP contribution in [0.25, 0.3) is 10.9 Å². The minimum Gasteiger partial charge on any atom is -0.494 e. The van der Waals surface area contributed by atoms with E-state index in [1.807, 2.05) is 55.5 Å². The van der Waals surface area contributed by atoms with Gasteiger partial charge in [-0.1, -0.05) is 30.3 Å². The van der Waals surface area contributed by atoms with Gasteiger partial charge in [-0.2, -0.15) is 0 Å². The van der Waals surface area contributed by atoms with E-state index in [1.54, 1.807) is 6.92 Å². The first kappa shape index (κ1) is 17.7. The molecule has 0 amide bonds. The third kappa shape index (κ3) is 3.91. The van der Waals surface area contributed by atoms with E-state index < -0.39 is 5.97 Å². The van der Waals surface area contributed by atoms with Gasteiger partial charge in [-0.3, -0.25) is 0 Å². The van der Waals surface area contributed by atoms with Crippen molar-refractivity contribution in [2.75, 3.05) is 18.5 Å². The van der Waals surface area contributed by atoms with Gasteiger partial charge in [-0.15, -0.1) is 0 Å². The highest BCUT2D eigenvalue weighted by Gasteiger charge is 2.15. The van der Waals surface area contributed by atoms with E-state index in [0.29, 0.717) is 24.5 Å².